The molecule has 1 saturated carbocycles. The molecular weight excluding hydrogens is 322 g/mol. The highest BCUT2D eigenvalue weighted by molar-refractivity contribution is 5.89. The predicted molar refractivity (Wildman–Crippen MR) is 106 cm³/mol. The number of methoxy groups -OCH3 is 1. The van der Waals surface area contributed by atoms with Crippen LogP contribution in [-0.4, -0.2) is 17.1 Å². The molecule has 4 nitrogen and oxygen atoms in total. The van der Waals surface area contributed by atoms with Gasteiger partial charge in [-0.1, -0.05) is 43.5 Å². The van der Waals surface area contributed by atoms with Crippen molar-refractivity contribution in [3.63, 3.8) is 0 Å². The third kappa shape index (κ3) is 3.64. The maximum absolute atomic E-state index is 5.32. The fraction of sp³-hybridized carbons (Fsp3) is 0.364. The van der Waals surface area contributed by atoms with E-state index in [-0.39, 0.29) is 0 Å². The van der Waals surface area contributed by atoms with Crippen LogP contribution in [0.5, 0.6) is 5.75 Å². The van der Waals surface area contributed by atoms with Gasteiger partial charge in [-0.2, -0.15) is 0 Å². The minimum absolute atomic E-state index is 0.491. The van der Waals surface area contributed by atoms with Crippen molar-refractivity contribution in [1.29, 1.82) is 0 Å². The third-order valence-corrected chi connectivity index (χ3v) is 5.18. The van der Waals surface area contributed by atoms with Gasteiger partial charge in [0.05, 0.1) is 12.6 Å². The number of benzene rings is 2. The van der Waals surface area contributed by atoms with Gasteiger partial charge in [0.2, 0.25) is 0 Å². The zero-order chi connectivity index (χ0) is 17.8. The fourth-order valence-corrected chi connectivity index (χ4v) is 3.74. The van der Waals surface area contributed by atoms with E-state index in [1.165, 1.54) is 37.7 Å². The van der Waals surface area contributed by atoms with Gasteiger partial charge >= 0.3 is 0 Å². The molecule has 26 heavy (non-hydrogen) atoms. The van der Waals surface area contributed by atoms with Crippen LogP contribution in [0.15, 0.2) is 48.5 Å². The van der Waals surface area contributed by atoms with Gasteiger partial charge in [-0.3, -0.25) is 0 Å². The fourth-order valence-electron chi connectivity index (χ4n) is 3.74. The average Bonchev–Trinajstić information content (AvgIpc) is 2.72. The molecule has 1 heterocycles. The predicted octanol–water partition coefficient (Wildman–Crippen LogP) is 5.30. The minimum Gasteiger partial charge on any atom is -0.497 e. The van der Waals surface area contributed by atoms with Gasteiger partial charge in [-0.25, -0.2) is 9.97 Å². The van der Waals surface area contributed by atoms with Gasteiger partial charge in [-0.05, 0) is 42.7 Å². The van der Waals surface area contributed by atoms with Crippen molar-refractivity contribution in [1.82, 2.24) is 9.97 Å². The van der Waals surface area contributed by atoms with Crippen molar-refractivity contribution in [2.24, 2.45) is 0 Å². The molecule has 0 amide bonds. The number of hydrogen-bond acceptors (Lipinski definition) is 4. The second kappa shape index (κ2) is 7.73. The maximum atomic E-state index is 5.32. The van der Waals surface area contributed by atoms with Gasteiger partial charge in [0.15, 0.2) is 0 Å². The number of rotatable bonds is 5. The molecule has 4 heteroatoms. The van der Waals surface area contributed by atoms with Crippen LogP contribution in [-0.2, 0) is 6.54 Å². The van der Waals surface area contributed by atoms with Crippen molar-refractivity contribution < 1.29 is 4.74 Å². The minimum atomic E-state index is 0.491. The molecule has 4 rings (SSSR count). The van der Waals surface area contributed by atoms with Gasteiger partial charge in [0.1, 0.15) is 17.4 Å². The highest BCUT2D eigenvalue weighted by atomic mass is 16.5. The Labute approximate surface area is 154 Å². The van der Waals surface area contributed by atoms with E-state index in [1.807, 2.05) is 24.3 Å². The first-order valence-corrected chi connectivity index (χ1v) is 9.47. The van der Waals surface area contributed by atoms with E-state index in [0.29, 0.717) is 12.5 Å². The van der Waals surface area contributed by atoms with Gasteiger partial charge in [-0.15, -0.1) is 0 Å². The van der Waals surface area contributed by atoms with Crippen LogP contribution in [0.4, 0.5) is 5.82 Å². The van der Waals surface area contributed by atoms with E-state index in [0.717, 1.165) is 28.3 Å². The Morgan fingerprint density at radius 3 is 2.69 bits per heavy atom. The number of nitrogens with one attached hydrogen (secondary N) is 1. The van der Waals surface area contributed by atoms with Crippen LogP contribution >= 0.6 is 0 Å². The number of nitrogens with zero attached hydrogens (tertiary/aromatic N) is 2. The number of ether oxygens (including phenoxy) is 1. The molecule has 0 bridgehead atoms. The van der Waals surface area contributed by atoms with Crippen LogP contribution in [0.3, 0.4) is 0 Å². The van der Waals surface area contributed by atoms with Gasteiger partial charge in [0.25, 0.3) is 0 Å². The lowest BCUT2D eigenvalue weighted by molar-refractivity contribution is 0.414. The number of fused-ring (bicyclic) bond motifs is 1. The molecular formula is C22H25N3O. The first-order chi connectivity index (χ1) is 12.8. The molecule has 0 atom stereocenters. The van der Waals surface area contributed by atoms with Crippen LogP contribution in [0.1, 0.15) is 49.4 Å². The van der Waals surface area contributed by atoms with Crippen LogP contribution in [0.2, 0.25) is 0 Å². The van der Waals surface area contributed by atoms with Crippen LogP contribution < -0.4 is 10.1 Å². The second-order valence-electron chi connectivity index (χ2n) is 6.99. The molecule has 0 radical (unpaired) electrons. The highest BCUT2D eigenvalue weighted by Crippen LogP contribution is 2.33. The van der Waals surface area contributed by atoms with Crippen LogP contribution in [0.25, 0.3) is 10.9 Å². The first kappa shape index (κ1) is 16.8. The van der Waals surface area contributed by atoms with E-state index in [1.54, 1.807) is 7.11 Å². The van der Waals surface area contributed by atoms with E-state index in [2.05, 4.69) is 29.6 Å². The number of anilines is 1. The Morgan fingerprint density at radius 1 is 1.00 bits per heavy atom. The Kier molecular flexibility index (Phi) is 5.00. The van der Waals surface area contributed by atoms with E-state index < -0.39 is 0 Å². The summed E-state index contributed by atoms with van der Waals surface area (Å²) in [5.74, 6) is 3.29. The molecule has 1 N–H and O–H groups in total. The molecule has 3 aromatic rings. The van der Waals surface area contributed by atoms with Crippen molar-refractivity contribution in [2.45, 2.75) is 44.6 Å². The Bertz CT molecular complexity index is 887. The van der Waals surface area contributed by atoms with Crippen molar-refractivity contribution >= 4 is 16.7 Å². The molecule has 1 aromatic heterocycles. The van der Waals surface area contributed by atoms with Crippen molar-refractivity contribution in [2.75, 3.05) is 12.4 Å². The second-order valence-corrected chi connectivity index (χ2v) is 6.99. The summed E-state index contributed by atoms with van der Waals surface area (Å²) in [4.78, 5) is 9.80. The maximum Gasteiger partial charge on any atom is 0.137 e. The zero-order valence-corrected chi connectivity index (χ0v) is 15.2. The number of aromatic nitrogens is 2. The summed E-state index contributed by atoms with van der Waals surface area (Å²) in [6.45, 7) is 0.711. The molecule has 0 unspecified atom stereocenters. The van der Waals surface area contributed by atoms with E-state index >= 15 is 0 Å². The topological polar surface area (TPSA) is 47.0 Å². The monoisotopic (exact) mass is 347 g/mol. The number of hydrogen-bond donors (Lipinski definition) is 1. The van der Waals surface area contributed by atoms with Gasteiger partial charge in [0, 0.05) is 17.8 Å². The summed E-state index contributed by atoms with van der Waals surface area (Å²) in [6.07, 6.45) is 6.31. The lowest BCUT2D eigenvalue weighted by Crippen LogP contribution is -2.11. The average molecular weight is 347 g/mol. The normalized spacial score (nSPS) is 15.1. The summed E-state index contributed by atoms with van der Waals surface area (Å²) in [7, 11) is 1.70. The summed E-state index contributed by atoms with van der Waals surface area (Å²) in [5, 5.41) is 4.61. The summed E-state index contributed by atoms with van der Waals surface area (Å²) >= 11 is 0. The standard InChI is InChI=1S/C22H25N3O/c1-26-18-11-7-8-16(14-18)15-23-22-19-12-5-6-13-20(19)24-21(25-22)17-9-3-2-4-10-17/h5-8,11-14,17H,2-4,9-10,15H2,1H3,(H,23,24,25). The lowest BCUT2D eigenvalue weighted by atomic mass is 9.88. The lowest BCUT2D eigenvalue weighted by Gasteiger charge is -2.21. The molecule has 1 fully saturated rings. The molecule has 0 spiro atoms. The smallest absolute Gasteiger partial charge is 0.137 e. The Balaban J connectivity index is 1.63. The Hall–Kier alpha value is -2.62. The Morgan fingerprint density at radius 2 is 1.85 bits per heavy atom. The quantitative estimate of drug-likeness (QED) is 0.680. The molecule has 134 valence electrons. The summed E-state index contributed by atoms with van der Waals surface area (Å²) in [6, 6.07) is 16.4. The molecule has 0 aliphatic heterocycles. The highest BCUT2D eigenvalue weighted by Gasteiger charge is 2.20. The van der Waals surface area contributed by atoms with E-state index in [9.17, 15) is 0 Å². The van der Waals surface area contributed by atoms with Crippen molar-refractivity contribution in [3.05, 3.63) is 59.9 Å². The van der Waals surface area contributed by atoms with Crippen LogP contribution in [0, 0.1) is 0 Å². The first-order valence-electron chi connectivity index (χ1n) is 9.47. The van der Waals surface area contributed by atoms with Gasteiger partial charge < -0.3 is 10.1 Å². The summed E-state index contributed by atoms with van der Waals surface area (Å²) < 4.78 is 5.32. The van der Waals surface area contributed by atoms with Crippen molar-refractivity contribution in [3.8, 4) is 5.75 Å². The van der Waals surface area contributed by atoms with E-state index in [4.69, 9.17) is 14.7 Å². The SMILES string of the molecule is COc1cccc(CNc2nc(C3CCCCC3)nc3ccccc23)c1. The summed E-state index contributed by atoms with van der Waals surface area (Å²) in [5.41, 5.74) is 2.20. The number of para-hydroxylation sites is 1. The molecule has 0 saturated heterocycles. The molecule has 1 aliphatic carbocycles. The largest absolute Gasteiger partial charge is 0.497 e. The zero-order valence-electron chi connectivity index (χ0n) is 15.2. The third-order valence-electron chi connectivity index (χ3n) is 5.18. The molecule has 2 aromatic carbocycles. The molecule has 1 aliphatic rings.